The fourth-order valence-electron chi connectivity index (χ4n) is 2.30. The molecule has 0 bridgehead atoms. The molecule has 0 N–H and O–H groups in total. The molecule has 0 saturated carbocycles. The minimum absolute atomic E-state index is 0.0413. The number of hydrogen-bond donors (Lipinski definition) is 0. The van der Waals surface area contributed by atoms with Gasteiger partial charge < -0.3 is 0 Å². The van der Waals surface area contributed by atoms with Gasteiger partial charge in [0.1, 0.15) is 0 Å². The van der Waals surface area contributed by atoms with E-state index < -0.39 is 0 Å². The summed E-state index contributed by atoms with van der Waals surface area (Å²) in [7, 11) is 0. The third-order valence-electron chi connectivity index (χ3n) is 3.50. The predicted octanol–water partition coefficient (Wildman–Crippen LogP) is 5.50. The van der Waals surface area contributed by atoms with Crippen molar-refractivity contribution in [2.45, 2.75) is 5.75 Å². The fourth-order valence-corrected chi connectivity index (χ4v) is 4.06. The summed E-state index contributed by atoms with van der Waals surface area (Å²) in [6.45, 7) is 1.23. The lowest BCUT2D eigenvalue weighted by Gasteiger charge is -2.18. The van der Waals surface area contributed by atoms with Crippen molar-refractivity contribution in [3.8, 4) is 0 Å². The van der Waals surface area contributed by atoms with Crippen molar-refractivity contribution in [3.05, 3.63) is 68.1 Å². The quantitative estimate of drug-likeness (QED) is 0.627. The highest BCUT2D eigenvalue weighted by molar-refractivity contribution is 9.10. The first-order chi connectivity index (χ1) is 11.6. The van der Waals surface area contributed by atoms with E-state index in [0.717, 1.165) is 15.2 Å². The minimum Gasteiger partial charge on any atom is -0.286 e. The second-order valence-electron chi connectivity index (χ2n) is 5.14. The summed E-state index contributed by atoms with van der Waals surface area (Å²) in [6, 6.07) is 13.0. The van der Waals surface area contributed by atoms with Gasteiger partial charge in [-0.3, -0.25) is 14.7 Å². The van der Waals surface area contributed by atoms with Gasteiger partial charge in [0.05, 0.1) is 22.2 Å². The molecule has 0 fully saturated rings. The Kier molecular flexibility index (Phi) is 5.87. The molecule has 24 heavy (non-hydrogen) atoms. The SMILES string of the molecule is O=C(c1ccccc1Br)N1CCN=C1SCc1ccc(Cl)c(Cl)c1. The summed E-state index contributed by atoms with van der Waals surface area (Å²) in [5.41, 5.74) is 1.68. The lowest BCUT2D eigenvalue weighted by Crippen LogP contribution is -2.33. The Balaban J connectivity index is 1.70. The van der Waals surface area contributed by atoms with E-state index in [0.29, 0.717) is 34.5 Å². The Labute approximate surface area is 163 Å². The molecule has 2 aromatic rings. The van der Waals surface area contributed by atoms with Crippen LogP contribution in [0.4, 0.5) is 0 Å². The maximum atomic E-state index is 12.8. The van der Waals surface area contributed by atoms with Crippen molar-refractivity contribution in [1.29, 1.82) is 0 Å². The van der Waals surface area contributed by atoms with Gasteiger partial charge in [0.15, 0.2) is 5.17 Å². The third-order valence-corrected chi connectivity index (χ3v) is 6.02. The molecule has 0 aliphatic carbocycles. The van der Waals surface area contributed by atoms with Crippen molar-refractivity contribution in [3.63, 3.8) is 0 Å². The van der Waals surface area contributed by atoms with Crippen molar-refractivity contribution < 1.29 is 4.79 Å². The number of carbonyl (C=O) groups excluding carboxylic acids is 1. The van der Waals surface area contributed by atoms with Crippen LogP contribution in [0, 0.1) is 0 Å². The van der Waals surface area contributed by atoms with Gasteiger partial charge in [-0.1, -0.05) is 53.2 Å². The van der Waals surface area contributed by atoms with E-state index in [1.807, 2.05) is 36.4 Å². The highest BCUT2D eigenvalue weighted by Crippen LogP contribution is 2.27. The van der Waals surface area contributed by atoms with Crippen molar-refractivity contribution in [2.75, 3.05) is 13.1 Å². The Morgan fingerprint density at radius 2 is 2.00 bits per heavy atom. The maximum absolute atomic E-state index is 12.8. The highest BCUT2D eigenvalue weighted by Gasteiger charge is 2.26. The highest BCUT2D eigenvalue weighted by atomic mass is 79.9. The summed E-state index contributed by atoms with van der Waals surface area (Å²) >= 11 is 16.9. The average molecular weight is 444 g/mol. The maximum Gasteiger partial charge on any atom is 0.261 e. The second kappa shape index (κ2) is 7.91. The normalized spacial score (nSPS) is 14.0. The molecule has 0 saturated heterocycles. The summed E-state index contributed by atoms with van der Waals surface area (Å²) in [5, 5.41) is 1.81. The minimum atomic E-state index is -0.0413. The smallest absolute Gasteiger partial charge is 0.261 e. The first-order valence-electron chi connectivity index (χ1n) is 7.24. The molecule has 2 aromatic carbocycles. The molecule has 124 valence electrons. The molecular formula is C17H13BrCl2N2OS. The van der Waals surface area contributed by atoms with Crippen molar-refractivity contribution in [2.24, 2.45) is 4.99 Å². The molecule has 0 aromatic heterocycles. The first-order valence-corrected chi connectivity index (χ1v) is 9.77. The Bertz CT molecular complexity index is 813. The number of thioether (sulfide) groups is 1. The van der Waals surface area contributed by atoms with Gasteiger partial charge in [0, 0.05) is 16.8 Å². The molecule has 0 spiro atoms. The van der Waals surface area contributed by atoms with Crippen LogP contribution in [-0.4, -0.2) is 29.1 Å². The van der Waals surface area contributed by atoms with E-state index in [2.05, 4.69) is 20.9 Å². The molecule has 0 unspecified atom stereocenters. The number of rotatable bonds is 3. The van der Waals surface area contributed by atoms with Gasteiger partial charge in [-0.2, -0.15) is 0 Å². The van der Waals surface area contributed by atoms with Gasteiger partial charge in [-0.15, -0.1) is 0 Å². The number of benzene rings is 2. The van der Waals surface area contributed by atoms with E-state index in [4.69, 9.17) is 23.2 Å². The van der Waals surface area contributed by atoms with Crippen molar-refractivity contribution in [1.82, 2.24) is 4.90 Å². The van der Waals surface area contributed by atoms with E-state index in [1.54, 1.807) is 11.0 Å². The Morgan fingerprint density at radius 1 is 1.21 bits per heavy atom. The zero-order valence-corrected chi connectivity index (χ0v) is 16.4. The summed E-state index contributed by atoms with van der Waals surface area (Å²) in [5.74, 6) is 0.635. The number of halogens is 3. The Morgan fingerprint density at radius 3 is 2.75 bits per heavy atom. The fraction of sp³-hybridized carbons (Fsp3) is 0.176. The van der Waals surface area contributed by atoms with Crippen LogP contribution in [0.1, 0.15) is 15.9 Å². The summed E-state index contributed by atoms with van der Waals surface area (Å²) < 4.78 is 0.788. The molecule has 1 heterocycles. The predicted molar refractivity (Wildman–Crippen MR) is 105 cm³/mol. The van der Waals surface area contributed by atoms with Gasteiger partial charge in [-0.25, -0.2) is 0 Å². The van der Waals surface area contributed by atoms with E-state index in [-0.39, 0.29) is 5.91 Å². The van der Waals surface area contributed by atoms with E-state index in [9.17, 15) is 4.79 Å². The topological polar surface area (TPSA) is 32.7 Å². The number of hydrogen-bond acceptors (Lipinski definition) is 3. The average Bonchev–Trinajstić information content (AvgIpc) is 3.04. The van der Waals surface area contributed by atoms with Gasteiger partial charge >= 0.3 is 0 Å². The molecule has 0 radical (unpaired) electrons. The van der Waals surface area contributed by atoms with Crippen LogP contribution in [0.25, 0.3) is 0 Å². The number of aliphatic imine (C=N–C) groups is 1. The molecule has 1 amide bonds. The summed E-state index contributed by atoms with van der Waals surface area (Å²) in [6.07, 6.45) is 0. The molecule has 0 atom stereocenters. The van der Waals surface area contributed by atoms with Gasteiger partial charge in [0.2, 0.25) is 0 Å². The standard InChI is InChI=1S/C17H13BrCl2N2OS/c18-13-4-2-1-3-12(13)16(23)22-8-7-21-17(22)24-10-11-5-6-14(19)15(20)9-11/h1-6,9H,7-8,10H2. The first kappa shape index (κ1) is 17.8. The van der Waals surface area contributed by atoms with E-state index in [1.165, 1.54) is 11.8 Å². The number of carbonyl (C=O) groups is 1. The number of amides is 1. The number of nitrogens with zero attached hydrogens (tertiary/aromatic N) is 2. The molecule has 1 aliphatic rings. The van der Waals surface area contributed by atoms with Crippen LogP contribution in [0.15, 0.2) is 51.9 Å². The van der Waals surface area contributed by atoms with Crippen LogP contribution >= 0.6 is 50.9 Å². The van der Waals surface area contributed by atoms with E-state index >= 15 is 0 Å². The van der Waals surface area contributed by atoms with Crippen LogP contribution < -0.4 is 0 Å². The monoisotopic (exact) mass is 442 g/mol. The van der Waals surface area contributed by atoms with Crippen molar-refractivity contribution >= 4 is 62.0 Å². The number of amidine groups is 1. The van der Waals surface area contributed by atoms with Gasteiger partial charge in [-0.05, 0) is 45.8 Å². The third kappa shape index (κ3) is 3.97. The van der Waals surface area contributed by atoms with Crippen LogP contribution in [0.3, 0.4) is 0 Å². The Hall–Kier alpha value is -1.01. The van der Waals surface area contributed by atoms with Crippen LogP contribution in [0.5, 0.6) is 0 Å². The molecule has 3 nitrogen and oxygen atoms in total. The lowest BCUT2D eigenvalue weighted by atomic mass is 10.2. The summed E-state index contributed by atoms with van der Waals surface area (Å²) in [4.78, 5) is 18.9. The molecular weight excluding hydrogens is 431 g/mol. The second-order valence-corrected chi connectivity index (χ2v) is 7.75. The largest absolute Gasteiger partial charge is 0.286 e. The molecule has 1 aliphatic heterocycles. The molecule has 3 rings (SSSR count). The lowest BCUT2D eigenvalue weighted by molar-refractivity contribution is 0.0860. The van der Waals surface area contributed by atoms with Crippen LogP contribution in [0.2, 0.25) is 10.0 Å². The molecule has 7 heteroatoms. The zero-order chi connectivity index (χ0) is 17.1. The van der Waals surface area contributed by atoms with Crippen LogP contribution in [-0.2, 0) is 5.75 Å². The zero-order valence-electron chi connectivity index (χ0n) is 12.5. The van der Waals surface area contributed by atoms with Gasteiger partial charge in [0.25, 0.3) is 5.91 Å².